The fourth-order valence-corrected chi connectivity index (χ4v) is 2.62. The van der Waals surface area contributed by atoms with Gasteiger partial charge in [-0.2, -0.15) is 0 Å². The first-order chi connectivity index (χ1) is 13.1. The number of carbonyl (C=O) groups excluding carboxylic acids is 2. The number of hydrogen-bond donors (Lipinski definition) is 0. The van der Waals surface area contributed by atoms with Crippen LogP contribution in [0, 0.1) is 0 Å². The highest BCUT2D eigenvalue weighted by Gasteiger charge is 2.22. The van der Waals surface area contributed by atoms with Crippen molar-refractivity contribution < 1.29 is 19.1 Å². The summed E-state index contributed by atoms with van der Waals surface area (Å²) in [5, 5.41) is 0. The summed E-state index contributed by atoms with van der Waals surface area (Å²) in [7, 11) is 1.46. The van der Waals surface area contributed by atoms with E-state index in [9.17, 15) is 9.59 Å². The number of benzene rings is 3. The zero-order valence-corrected chi connectivity index (χ0v) is 15.1. The molecule has 0 fully saturated rings. The lowest BCUT2D eigenvalue weighted by molar-refractivity contribution is 0.101. The topological polar surface area (TPSA) is 55.8 Å². The van der Waals surface area contributed by atoms with E-state index in [2.05, 4.69) is 0 Å². The molecule has 0 aliphatic rings. The molecule has 0 unspecified atom stereocenters. The van der Waals surface area contributed by atoms with Crippen molar-refractivity contribution in [3.63, 3.8) is 0 Å². The minimum absolute atomic E-state index is 0.0959. The molecule has 1 amide bonds. The highest BCUT2D eigenvalue weighted by atomic mass is 16.6. The summed E-state index contributed by atoms with van der Waals surface area (Å²) in [6.07, 6.45) is -0.582. The third-order valence-corrected chi connectivity index (χ3v) is 3.98. The van der Waals surface area contributed by atoms with Crippen LogP contribution in [0.4, 0.5) is 16.2 Å². The van der Waals surface area contributed by atoms with Crippen LogP contribution in [0.3, 0.4) is 0 Å². The number of ether oxygens (including phenoxy) is 2. The summed E-state index contributed by atoms with van der Waals surface area (Å²) in [6.45, 7) is 1.47. The van der Waals surface area contributed by atoms with Gasteiger partial charge >= 0.3 is 6.09 Å². The van der Waals surface area contributed by atoms with Gasteiger partial charge in [0.2, 0.25) is 0 Å². The Labute approximate surface area is 157 Å². The Morgan fingerprint density at radius 2 is 1.33 bits per heavy atom. The van der Waals surface area contributed by atoms with Crippen molar-refractivity contribution in [3.8, 4) is 11.5 Å². The summed E-state index contributed by atoms with van der Waals surface area (Å²) < 4.78 is 10.9. The lowest BCUT2D eigenvalue weighted by Crippen LogP contribution is -2.29. The lowest BCUT2D eigenvalue weighted by atomic mass is 10.1. The van der Waals surface area contributed by atoms with Crippen molar-refractivity contribution in [1.82, 2.24) is 0 Å². The summed E-state index contributed by atoms with van der Waals surface area (Å²) in [5.41, 5.74) is 1.83. The zero-order valence-electron chi connectivity index (χ0n) is 15.1. The molecule has 27 heavy (non-hydrogen) atoms. The molecule has 0 spiro atoms. The molecule has 0 saturated carbocycles. The van der Waals surface area contributed by atoms with Crippen LogP contribution in [0.5, 0.6) is 11.5 Å². The van der Waals surface area contributed by atoms with Crippen molar-refractivity contribution in [1.29, 1.82) is 0 Å². The van der Waals surface area contributed by atoms with Crippen LogP contribution >= 0.6 is 0 Å². The molecular formula is C22H19NO4. The second kappa shape index (κ2) is 8.19. The first-order valence-electron chi connectivity index (χ1n) is 8.41. The predicted molar refractivity (Wildman–Crippen MR) is 104 cm³/mol. The maximum Gasteiger partial charge on any atom is 0.424 e. The summed E-state index contributed by atoms with van der Waals surface area (Å²) in [6, 6.07) is 23.2. The minimum atomic E-state index is -0.582. The minimum Gasteiger partial charge on any atom is -0.493 e. The van der Waals surface area contributed by atoms with E-state index < -0.39 is 6.09 Å². The number of anilines is 2. The lowest BCUT2D eigenvalue weighted by Gasteiger charge is -2.22. The Morgan fingerprint density at radius 3 is 1.81 bits per heavy atom. The molecule has 0 atom stereocenters. The molecule has 0 heterocycles. The standard InChI is InChI=1S/C22H19NO4/c1-16(24)17-13-14-20(21(15-17)26-2)27-22(25)23(18-9-5-3-6-10-18)19-11-7-4-8-12-19/h3-15H,1-2H3. The number of hydrogen-bond acceptors (Lipinski definition) is 4. The molecule has 136 valence electrons. The molecule has 0 radical (unpaired) electrons. The van der Waals surface area contributed by atoms with E-state index in [-0.39, 0.29) is 11.5 Å². The van der Waals surface area contributed by atoms with E-state index in [1.807, 2.05) is 60.7 Å². The van der Waals surface area contributed by atoms with Crippen molar-refractivity contribution >= 4 is 23.3 Å². The average molecular weight is 361 g/mol. The van der Waals surface area contributed by atoms with Crippen LogP contribution in [0.2, 0.25) is 0 Å². The van der Waals surface area contributed by atoms with E-state index in [0.29, 0.717) is 22.7 Å². The van der Waals surface area contributed by atoms with E-state index >= 15 is 0 Å². The molecule has 5 heteroatoms. The zero-order chi connectivity index (χ0) is 19.2. The molecule has 5 nitrogen and oxygen atoms in total. The first-order valence-corrected chi connectivity index (χ1v) is 8.41. The van der Waals surface area contributed by atoms with Crippen molar-refractivity contribution in [3.05, 3.63) is 84.4 Å². The highest BCUT2D eigenvalue weighted by molar-refractivity contribution is 5.98. The number of Topliss-reactive ketones (excluding diaryl/α,β-unsaturated/α-hetero) is 1. The van der Waals surface area contributed by atoms with E-state index in [4.69, 9.17) is 9.47 Å². The Kier molecular flexibility index (Phi) is 5.52. The Hall–Kier alpha value is -3.60. The molecule has 0 saturated heterocycles. The number of rotatable bonds is 5. The summed E-state index contributed by atoms with van der Waals surface area (Å²) in [4.78, 5) is 26.0. The van der Waals surface area contributed by atoms with E-state index in [1.165, 1.54) is 18.9 Å². The maximum absolute atomic E-state index is 13.0. The average Bonchev–Trinajstić information content (AvgIpc) is 2.70. The second-order valence-corrected chi connectivity index (χ2v) is 5.80. The van der Waals surface area contributed by atoms with Gasteiger partial charge in [-0.3, -0.25) is 4.79 Å². The predicted octanol–water partition coefficient (Wildman–Crippen LogP) is 5.23. The fraction of sp³-hybridized carbons (Fsp3) is 0.0909. The molecule has 3 aromatic carbocycles. The first kappa shape index (κ1) is 18.2. The molecule has 0 aliphatic carbocycles. The smallest absolute Gasteiger partial charge is 0.424 e. The number of amides is 1. The summed E-state index contributed by atoms with van der Waals surface area (Å²) in [5.74, 6) is 0.461. The van der Waals surface area contributed by atoms with Crippen LogP contribution in [0.15, 0.2) is 78.9 Å². The van der Waals surface area contributed by atoms with Gasteiger partial charge in [0, 0.05) is 5.56 Å². The van der Waals surface area contributed by atoms with Crippen molar-refractivity contribution in [2.75, 3.05) is 12.0 Å². The number of carbonyl (C=O) groups is 2. The molecule has 0 aromatic heterocycles. The van der Waals surface area contributed by atoms with Crippen molar-refractivity contribution in [2.45, 2.75) is 6.92 Å². The Balaban J connectivity index is 1.95. The van der Waals surface area contributed by atoms with Crippen LogP contribution in [0.25, 0.3) is 0 Å². The van der Waals surface area contributed by atoms with Crippen LogP contribution in [-0.2, 0) is 0 Å². The highest BCUT2D eigenvalue weighted by Crippen LogP contribution is 2.31. The Morgan fingerprint density at radius 1 is 0.778 bits per heavy atom. The van der Waals surface area contributed by atoms with Gasteiger partial charge in [-0.15, -0.1) is 0 Å². The number of nitrogens with zero attached hydrogens (tertiary/aromatic N) is 1. The van der Waals surface area contributed by atoms with Gasteiger partial charge in [0.1, 0.15) is 0 Å². The number of methoxy groups -OCH3 is 1. The van der Waals surface area contributed by atoms with Gasteiger partial charge in [-0.25, -0.2) is 9.69 Å². The molecular weight excluding hydrogens is 342 g/mol. The number of ketones is 1. The number of para-hydroxylation sites is 2. The van der Waals surface area contributed by atoms with Gasteiger partial charge < -0.3 is 9.47 Å². The molecule has 0 bridgehead atoms. The van der Waals surface area contributed by atoms with Crippen LogP contribution in [-0.4, -0.2) is 19.0 Å². The SMILES string of the molecule is COc1cc(C(C)=O)ccc1OC(=O)N(c1ccccc1)c1ccccc1. The third kappa shape index (κ3) is 4.15. The molecule has 3 aromatic rings. The quantitative estimate of drug-likeness (QED) is 0.584. The van der Waals surface area contributed by atoms with Gasteiger partial charge in [0.05, 0.1) is 18.5 Å². The van der Waals surface area contributed by atoms with Crippen LogP contribution in [0.1, 0.15) is 17.3 Å². The van der Waals surface area contributed by atoms with Gasteiger partial charge in [0.25, 0.3) is 0 Å². The normalized spacial score (nSPS) is 10.1. The van der Waals surface area contributed by atoms with Crippen LogP contribution < -0.4 is 14.4 Å². The molecule has 0 aliphatic heterocycles. The van der Waals surface area contributed by atoms with Gasteiger partial charge in [-0.1, -0.05) is 36.4 Å². The molecule has 0 N–H and O–H groups in total. The van der Waals surface area contributed by atoms with Gasteiger partial charge in [-0.05, 0) is 49.4 Å². The van der Waals surface area contributed by atoms with Gasteiger partial charge in [0.15, 0.2) is 17.3 Å². The molecule has 3 rings (SSSR count). The third-order valence-electron chi connectivity index (χ3n) is 3.98. The maximum atomic E-state index is 13.0. The van der Waals surface area contributed by atoms with E-state index in [0.717, 1.165) is 0 Å². The van der Waals surface area contributed by atoms with Crippen molar-refractivity contribution in [2.24, 2.45) is 0 Å². The van der Waals surface area contributed by atoms with E-state index in [1.54, 1.807) is 18.2 Å². The summed E-state index contributed by atoms with van der Waals surface area (Å²) >= 11 is 0. The largest absolute Gasteiger partial charge is 0.493 e. The monoisotopic (exact) mass is 361 g/mol. The fourth-order valence-electron chi connectivity index (χ4n) is 2.62. The Bertz CT molecular complexity index is 900. The second-order valence-electron chi connectivity index (χ2n) is 5.80.